The molecular weight excluding hydrogens is 426 g/mol. The van der Waals surface area contributed by atoms with Gasteiger partial charge in [0.15, 0.2) is 0 Å². The van der Waals surface area contributed by atoms with Crippen molar-refractivity contribution < 1.29 is 9.59 Å². The van der Waals surface area contributed by atoms with Gasteiger partial charge < -0.3 is 20.2 Å². The molecule has 1 aliphatic rings. The molecule has 174 valence electrons. The third kappa shape index (κ3) is 4.21. The van der Waals surface area contributed by atoms with E-state index >= 15 is 0 Å². The number of rotatable bonds is 6. The number of aromatic nitrogens is 3. The molecule has 3 aromatic heterocycles. The van der Waals surface area contributed by atoms with Gasteiger partial charge in [-0.05, 0) is 35.8 Å². The zero-order valence-electron chi connectivity index (χ0n) is 19.5. The van der Waals surface area contributed by atoms with Crippen LogP contribution < -0.4 is 5.32 Å². The van der Waals surface area contributed by atoms with E-state index in [4.69, 9.17) is 0 Å². The number of fused-ring (bicyclic) bond motifs is 2. The van der Waals surface area contributed by atoms with Crippen molar-refractivity contribution >= 4 is 39.3 Å². The number of amides is 2. The molecular formula is C27H29N5O2. The molecule has 0 fully saturated rings. The molecule has 0 aliphatic carbocycles. The molecule has 1 aliphatic heterocycles. The molecule has 0 spiro atoms. The van der Waals surface area contributed by atoms with Crippen molar-refractivity contribution in [2.24, 2.45) is 5.92 Å². The number of nitrogens with one attached hydrogen (secondary N) is 3. The molecule has 0 saturated carbocycles. The summed E-state index contributed by atoms with van der Waals surface area (Å²) in [4.78, 5) is 38.8. The minimum Gasteiger partial charge on any atom is -0.361 e. The predicted octanol–water partition coefficient (Wildman–Crippen LogP) is 4.04. The maximum Gasteiger partial charge on any atom is 0.245 e. The van der Waals surface area contributed by atoms with E-state index in [9.17, 15) is 9.59 Å². The van der Waals surface area contributed by atoms with Crippen molar-refractivity contribution in [2.75, 3.05) is 13.1 Å². The number of pyridine rings is 1. The van der Waals surface area contributed by atoms with Crippen molar-refractivity contribution in [3.05, 3.63) is 72.2 Å². The molecule has 7 heteroatoms. The lowest BCUT2D eigenvalue weighted by molar-refractivity contribution is -0.136. The lowest BCUT2D eigenvalue weighted by atomic mass is 9.98. The number of benzene rings is 1. The van der Waals surface area contributed by atoms with Crippen molar-refractivity contribution in [3.63, 3.8) is 0 Å². The third-order valence-corrected chi connectivity index (χ3v) is 6.56. The number of hydrogen-bond donors (Lipinski definition) is 3. The molecule has 0 radical (unpaired) electrons. The fourth-order valence-electron chi connectivity index (χ4n) is 4.61. The molecule has 0 saturated heterocycles. The second-order valence-electron chi connectivity index (χ2n) is 9.15. The smallest absolute Gasteiger partial charge is 0.245 e. The topological polar surface area (TPSA) is 93.9 Å². The highest BCUT2D eigenvalue weighted by molar-refractivity contribution is 5.93. The number of carbonyl (C=O) groups excluding carboxylic acids is 2. The predicted molar refractivity (Wildman–Crippen MR) is 134 cm³/mol. The standard InChI is InChI=1S/C27H29N5O2/c1-17(2)26(33)31-24(14-19-15-29-23-8-4-3-6-20(19)23)27(34)32-12-9-18(10-13-32)22-16-30-25-21(22)7-5-11-28-25/h3-9,11,15-17,24,29H,10,12-14H2,1-2H3,(H,28,30)(H,31,33). The Kier molecular flexibility index (Phi) is 5.92. The maximum absolute atomic E-state index is 13.6. The van der Waals surface area contributed by atoms with Crippen molar-refractivity contribution in [1.82, 2.24) is 25.2 Å². The maximum atomic E-state index is 13.6. The van der Waals surface area contributed by atoms with Gasteiger partial charge in [0.05, 0.1) is 0 Å². The molecule has 0 bridgehead atoms. The largest absolute Gasteiger partial charge is 0.361 e. The highest BCUT2D eigenvalue weighted by Crippen LogP contribution is 2.29. The highest BCUT2D eigenvalue weighted by Gasteiger charge is 2.29. The number of carbonyl (C=O) groups is 2. The molecule has 1 atom stereocenters. The minimum atomic E-state index is -0.610. The SMILES string of the molecule is CC(C)C(=O)NC(Cc1c[nH]c2ccccc12)C(=O)N1CC=C(c2c[nH]c3ncccc23)CC1. The second-order valence-corrected chi connectivity index (χ2v) is 9.15. The van der Waals surface area contributed by atoms with Gasteiger partial charge in [-0.25, -0.2) is 4.98 Å². The van der Waals surface area contributed by atoms with Crippen LogP contribution in [0.3, 0.4) is 0 Å². The van der Waals surface area contributed by atoms with E-state index in [-0.39, 0.29) is 17.7 Å². The Hall–Kier alpha value is -3.87. The first-order valence-electron chi connectivity index (χ1n) is 11.8. The van der Waals surface area contributed by atoms with Crippen LogP contribution in [0, 0.1) is 5.92 Å². The quantitative estimate of drug-likeness (QED) is 0.410. The number of H-pyrrole nitrogens is 2. The van der Waals surface area contributed by atoms with Gasteiger partial charge in [0, 0.05) is 65.9 Å². The Morgan fingerprint density at radius 2 is 1.91 bits per heavy atom. The van der Waals surface area contributed by atoms with Crippen molar-refractivity contribution in [1.29, 1.82) is 0 Å². The van der Waals surface area contributed by atoms with Crippen LogP contribution in [0.4, 0.5) is 0 Å². The first-order chi connectivity index (χ1) is 16.5. The van der Waals surface area contributed by atoms with Crippen molar-refractivity contribution in [2.45, 2.75) is 32.7 Å². The van der Waals surface area contributed by atoms with Crippen LogP contribution in [0.15, 0.2) is 61.1 Å². The summed E-state index contributed by atoms with van der Waals surface area (Å²) >= 11 is 0. The van der Waals surface area contributed by atoms with E-state index in [1.54, 1.807) is 6.20 Å². The average molecular weight is 456 g/mol. The first-order valence-corrected chi connectivity index (χ1v) is 11.8. The monoisotopic (exact) mass is 455 g/mol. The number of hydrogen-bond acceptors (Lipinski definition) is 3. The van der Waals surface area contributed by atoms with Gasteiger partial charge in [0.1, 0.15) is 11.7 Å². The van der Waals surface area contributed by atoms with Crippen LogP contribution in [-0.4, -0.2) is 50.8 Å². The Labute approximate surface area is 198 Å². The van der Waals surface area contributed by atoms with E-state index in [1.165, 1.54) is 5.57 Å². The van der Waals surface area contributed by atoms with Crippen molar-refractivity contribution in [3.8, 4) is 0 Å². The fraction of sp³-hybridized carbons (Fsp3) is 0.296. The molecule has 4 heterocycles. The van der Waals surface area contributed by atoms with E-state index in [0.29, 0.717) is 19.5 Å². The summed E-state index contributed by atoms with van der Waals surface area (Å²) in [5.41, 5.74) is 5.27. The van der Waals surface area contributed by atoms with Crippen LogP contribution >= 0.6 is 0 Å². The fourth-order valence-corrected chi connectivity index (χ4v) is 4.61. The van der Waals surface area contributed by atoms with E-state index < -0.39 is 6.04 Å². The number of nitrogens with zero attached hydrogens (tertiary/aromatic N) is 2. The van der Waals surface area contributed by atoms with E-state index in [2.05, 4.69) is 32.4 Å². The summed E-state index contributed by atoms with van der Waals surface area (Å²) in [6.45, 7) is 4.81. The van der Waals surface area contributed by atoms with Gasteiger partial charge in [0.25, 0.3) is 0 Å². The van der Waals surface area contributed by atoms with E-state index in [1.807, 2.05) is 61.5 Å². The summed E-state index contributed by atoms with van der Waals surface area (Å²) < 4.78 is 0. The lowest BCUT2D eigenvalue weighted by Gasteiger charge is -2.31. The van der Waals surface area contributed by atoms with Gasteiger partial charge in [-0.15, -0.1) is 0 Å². The summed E-state index contributed by atoms with van der Waals surface area (Å²) in [5, 5.41) is 5.17. The summed E-state index contributed by atoms with van der Waals surface area (Å²) in [6.07, 6.45) is 9.02. The third-order valence-electron chi connectivity index (χ3n) is 6.56. The van der Waals surface area contributed by atoms with Gasteiger partial charge >= 0.3 is 0 Å². The second kappa shape index (κ2) is 9.17. The zero-order valence-corrected chi connectivity index (χ0v) is 19.5. The lowest BCUT2D eigenvalue weighted by Crippen LogP contribution is -2.51. The average Bonchev–Trinajstić information content (AvgIpc) is 3.48. The molecule has 5 rings (SSSR count). The molecule has 1 unspecified atom stereocenters. The van der Waals surface area contributed by atoms with Crippen LogP contribution in [0.1, 0.15) is 31.4 Å². The Bertz CT molecular complexity index is 1380. The zero-order chi connectivity index (χ0) is 23.7. The number of para-hydroxylation sites is 1. The Morgan fingerprint density at radius 1 is 1.09 bits per heavy atom. The van der Waals surface area contributed by atoms with Crippen LogP contribution in [0.2, 0.25) is 0 Å². The molecule has 7 nitrogen and oxygen atoms in total. The van der Waals surface area contributed by atoms with Gasteiger partial charge in [-0.2, -0.15) is 0 Å². The first kappa shape index (κ1) is 21.9. The Balaban J connectivity index is 1.36. The summed E-state index contributed by atoms with van der Waals surface area (Å²) in [7, 11) is 0. The highest BCUT2D eigenvalue weighted by atomic mass is 16.2. The molecule has 1 aromatic carbocycles. The summed E-state index contributed by atoms with van der Waals surface area (Å²) in [5.74, 6) is -0.352. The molecule has 34 heavy (non-hydrogen) atoms. The summed E-state index contributed by atoms with van der Waals surface area (Å²) in [6, 6.07) is 11.4. The van der Waals surface area contributed by atoms with Crippen LogP contribution in [-0.2, 0) is 16.0 Å². The molecule has 2 amide bonds. The van der Waals surface area contributed by atoms with Crippen LogP contribution in [0.5, 0.6) is 0 Å². The molecule has 3 N–H and O–H groups in total. The van der Waals surface area contributed by atoms with Crippen LogP contribution in [0.25, 0.3) is 27.5 Å². The van der Waals surface area contributed by atoms with E-state index in [0.717, 1.165) is 39.5 Å². The molecule has 4 aromatic rings. The van der Waals surface area contributed by atoms with Gasteiger partial charge in [-0.3, -0.25) is 9.59 Å². The van der Waals surface area contributed by atoms with Gasteiger partial charge in [-0.1, -0.05) is 38.1 Å². The minimum absolute atomic E-state index is 0.0461. The Morgan fingerprint density at radius 3 is 2.71 bits per heavy atom. The normalized spacial score (nSPS) is 15.0. The van der Waals surface area contributed by atoms with Gasteiger partial charge in [0.2, 0.25) is 11.8 Å². The number of aromatic amines is 2.